The summed E-state index contributed by atoms with van der Waals surface area (Å²) in [6, 6.07) is 13.5. The lowest BCUT2D eigenvalue weighted by Gasteiger charge is -2.37. The van der Waals surface area contributed by atoms with Crippen LogP contribution in [0, 0.1) is 17.8 Å². The second kappa shape index (κ2) is 17.3. The summed E-state index contributed by atoms with van der Waals surface area (Å²) >= 11 is 0. The Kier molecular flexibility index (Phi) is 12.0. The van der Waals surface area contributed by atoms with Crippen molar-refractivity contribution >= 4 is 35.0 Å². The van der Waals surface area contributed by atoms with E-state index in [0.29, 0.717) is 58.1 Å². The van der Waals surface area contributed by atoms with E-state index in [0.717, 1.165) is 30.3 Å². The Morgan fingerprint density at radius 3 is 2.09 bits per heavy atom. The van der Waals surface area contributed by atoms with Crippen molar-refractivity contribution in [2.24, 2.45) is 17.8 Å². The van der Waals surface area contributed by atoms with E-state index in [2.05, 4.69) is 25.6 Å². The first-order valence-electron chi connectivity index (χ1n) is 22.1. The number of carbonyl (C=O) groups is 4. The fourth-order valence-electron chi connectivity index (χ4n) is 9.89. The number of ether oxygens (including phenoxy) is 2. The van der Waals surface area contributed by atoms with Gasteiger partial charge in [0.15, 0.2) is 0 Å². The van der Waals surface area contributed by atoms with Crippen molar-refractivity contribution in [2.45, 2.75) is 103 Å². The Labute approximate surface area is 370 Å². The molecule has 0 unspecified atom stereocenters. The highest BCUT2D eigenvalue weighted by Crippen LogP contribution is 2.53. The predicted octanol–water partition coefficient (Wildman–Crippen LogP) is 8.85. The van der Waals surface area contributed by atoms with E-state index in [4.69, 9.17) is 14.5 Å². The van der Waals surface area contributed by atoms with Crippen LogP contribution in [-0.2, 0) is 25.0 Å². The molecule has 2 fully saturated rings. The Balaban J connectivity index is 1.03. The fraction of sp³-hybridized carbons (Fsp3) is 0.458. The van der Waals surface area contributed by atoms with Gasteiger partial charge in [-0.1, -0.05) is 65.0 Å². The Morgan fingerprint density at radius 1 is 0.844 bits per heavy atom. The van der Waals surface area contributed by atoms with Crippen LogP contribution in [0.25, 0.3) is 44.5 Å². The average molecular weight is 879 g/mol. The van der Waals surface area contributed by atoms with Crippen LogP contribution in [0.1, 0.15) is 102 Å². The molecular weight excluding hydrogens is 823 g/mol. The molecule has 6 atom stereocenters. The first kappa shape index (κ1) is 44.3. The number of nitrogens with one attached hydrogen (secondary N) is 4. The maximum Gasteiger partial charge on any atom is 0.407 e. The second-order valence-corrected chi connectivity index (χ2v) is 18.0. The number of hydrogen-bond donors (Lipinski definition) is 4. The zero-order valence-electron chi connectivity index (χ0n) is 37.4. The van der Waals surface area contributed by atoms with Crippen molar-refractivity contribution in [3.8, 4) is 33.5 Å². The number of H-pyrrole nitrogens is 2. The zero-order valence-corrected chi connectivity index (χ0v) is 37.4. The molecule has 1 aliphatic heterocycles. The summed E-state index contributed by atoms with van der Waals surface area (Å²) in [7, 11) is 2.52. The zero-order chi connectivity index (χ0) is 45.8. The number of methoxy groups -OCH3 is 2. The van der Waals surface area contributed by atoms with E-state index in [1.54, 1.807) is 35.4 Å². The van der Waals surface area contributed by atoms with Crippen LogP contribution in [0.3, 0.4) is 0 Å². The van der Waals surface area contributed by atoms with Gasteiger partial charge in [0.2, 0.25) is 11.8 Å². The molecule has 14 nitrogen and oxygen atoms in total. The molecule has 3 aromatic carbocycles. The van der Waals surface area contributed by atoms with Gasteiger partial charge in [0.05, 0.1) is 49.2 Å². The third kappa shape index (κ3) is 7.84. The number of piperidine rings is 1. The predicted molar refractivity (Wildman–Crippen MR) is 237 cm³/mol. The van der Waals surface area contributed by atoms with E-state index in [-0.39, 0.29) is 52.8 Å². The normalized spacial score (nSPS) is 19.6. The molecule has 4 amide bonds. The molecule has 2 bridgehead atoms. The summed E-state index contributed by atoms with van der Waals surface area (Å²) in [5.41, 5.74) is 4.52. The monoisotopic (exact) mass is 878 g/mol. The number of halogens is 2. The minimum atomic E-state index is -3.30. The van der Waals surface area contributed by atoms with Crippen molar-refractivity contribution in [3.63, 3.8) is 0 Å². The van der Waals surface area contributed by atoms with Crippen molar-refractivity contribution < 1.29 is 37.4 Å². The summed E-state index contributed by atoms with van der Waals surface area (Å²) in [6.07, 6.45) is 3.60. The summed E-state index contributed by atoms with van der Waals surface area (Å²) < 4.78 is 42.8. The second-order valence-electron chi connectivity index (χ2n) is 18.0. The Morgan fingerprint density at radius 2 is 1.45 bits per heavy atom. The molecule has 3 aliphatic rings. The summed E-state index contributed by atoms with van der Waals surface area (Å²) in [6.45, 7) is 11.7. The number of alkyl carbamates (subject to hydrolysis) is 2. The lowest BCUT2D eigenvalue weighted by molar-refractivity contribution is -0.139. The number of fused-ring (bicyclic) bond motifs is 6. The van der Waals surface area contributed by atoms with Gasteiger partial charge in [-0.25, -0.2) is 19.6 Å². The molecule has 16 heteroatoms. The van der Waals surface area contributed by atoms with E-state index < -0.39 is 36.2 Å². The van der Waals surface area contributed by atoms with E-state index in [1.807, 2.05) is 70.7 Å². The number of amides is 4. The van der Waals surface area contributed by atoms with E-state index in [1.165, 1.54) is 20.3 Å². The molecule has 1 saturated carbocycles. The van der Waals surface area contributed by atoms with Gasteiger partial charge in [-0.2, -0.15) is 8.78 Å². The van der Waals surface area contributed by atoms with Gasteiger partial charge in [-0.3, -0.25) is 9.59 Å². The summed E-state index contributed by atoms with van der Waals surface area (Å²) in [5.74, 6) is -2.75. The smallest absolute Gasteiger partial charge is 0.407 e. The van der Waals surface area contributed by atoms with E-state index >= 15 is 8.78 Å². The van der Waals surface area contributed by atoms with Crippen LogP contribution in [0.15, 0.2) is 60.8 Å². The third-order valence-corrected chi connectivity index (χ3v) is 13.3. The first-order chi connectivity index (χ1) is 30.6. The number of aromatic nitrogens is 4. The molecule has 2 aromatic heterocycles. The molecule has 4 N–H and O–H groups in total. The Hall–Kier alpha value is -6.32. The van der Waals surface area contributed by atoms with Gasteiger partial charge in [-0.15, -0.1) is 0 Å². The standard InChI is InChI=1S/C48H56F2N8O6/c1-9-18-57(44(59)39(24(2)3)55-46(61)63-7)26(6)42-51-23-38(54-42)29-12-16-33-32-15-11-27(20-34(32)48(49,50)35(33)21-29)28-13-17-36-37(22-28)53-43(52-36)41-30-10-14-31(19-30)58(41)45(60)40(25(4)5)56-47(62)64-8/h11-13,15-17,20-26,30-31,39-41H,9-10,14,18-19H2,1-8H3,(H,51,54)(H,52,53)(H,55,61)(H,56,62)/t26-,30-,31+,39-,40-,41-/m0/s1. The minimum Gasteiger partial charge on any atom is -0.453 e. The van der Waals surface area contributed by atoms with Crippen molar-refractivity contribution in [1.29, 1.82) is 0 Å². The van der Waals surface area contributed by atoms with Crippen LogP contribution in [0.5, 0.6) is 0 Å². The molecule has 5 aromatic rings. The highest BCUT2D eigenvalue weighted by Gasteiger charge is 2.52. The van der Waals surface area contributed by atoms with Gasteiger partial charge >= 0.3 is 12.2 Å². The number of carbonyl (C=O) groups excluding carboxylic acids is 4. The highest BCUT2D eigenvalue weighted by molar-refractivity contribution is 5.89. The van der Waals surface area contributed by atoms with Gasteiger partial charge in [0, 0.05) is 29.3 Å². The molecule has 338 valence electrons. The maximum absolute atomic E-state index is 16.6. The number of nitrogens with zero attached hydrogens (tertiary/aromatic N) is 4. The van der Waals surface area contributed by atoms with Crippen molar-refractivity contribution in [3.05, 3.63) is 83.6 Å². The minimum absolute atomic E-state index is 0.0431. The number of likely N-dealkylation sites (tertiary alicyclic amines) is 1. The van der Waals surface area contributed by atoms with Crippen LogP contribution >= 0.6 is 0 Å². The van der Waals surface area contributed by atoms with Crippen LogP contribution in [0.2, 0.25) is 0 Å². The van der Waals surface area contributed by atoms with E-state index in [9.17, 15) is 19.2 Å². The number of aromatic amines is 2. The van der Waals surface area contributed by atoms with Gasteiger partial charge in [-0.05, 0) is 96.9 Å². The van der Waals surface area contributed by atoms with Gasteiger partial charge in [0.25, 0.3) is 5.92 Å². The molecule has 3 heterocycles. The van der Waals surface area contributed by atoms with Gasteiger partial charge < -0.3 is 39.9 Å². The highest BCUT2D eigenvalue weighted by atomic mass is 19.3. The number of benzene rings is 3. The molecule has 8 rings (SSSR count). The van der Waals surface area contributed by atoms with Crippen LogP contribution < -0.4 is 10.6 Å². The SMILES string of the molecule is CCCN(C(=O)[C@@H](NC(=O)OC)C(C)C)[C@@H](C)c1ncc(-c2ccc3c(c2)C(F)(F)c2cc(-c4ccc5nc([C@@H]6[C@H]7CC[C@H](C7)N6C(=O)[C@@H](NC(=O)OC)C(C)C)[nH]c5c4)ccc2-3)[nH]1. The number of hydrogen-bond acceptors (Lipinski definition) is 8. The number of alkyl halides is 2. The topological polar surface area (TPSA) is 175 Å². The lowest BCUT2D eigenvalue weighted by Crippen LogP contribution is -2.54. The quantitative estimate of drug-likeness (QED) is 0.0908. The number of imidazole rings is 2. The van der Waals surface area contributed by atoms with Crippen molar-refractivity contribution in [1.82, 2.24) is 40.4 Å². The molecule has 64 heavy (non-hydrogen) atoms. The summed E-state index contributed by atoms with van der Waals surface area (Å²) in [5, 5.41) is 5.38. The molecule has 2 aliphatic carbocycles. The maximum atomic E-state index is 16.6. The first-order valence-corrected chi connectivity index (χ1v) is 22.1. The molecule has 1 saturated heterocycles. The van der Waals surface area contributed by atoms with Gasteiger partial charge in [0.1, 0.15) is 23.7 Å². The lowest BCUT2D eigenvalue weighted by atomic mass is 9.95. The molecule has 0 radical (unpaired) electrons. The largest absolute Gasteiger partial charge is 0.453 e. The molecular formula is C48H56F2N8O6. The molecule has 0 spiro atoms. The number of rotatable bonds is 13. The van der Waals surface area contributed by atoms with Crippen LogP contribution in [-0.4, -0.2) is 92.6 Å². The van der Waals surface area contributed by atoms with Crippen LogP contribution in [0.4, 0.5) is 18.4 Å². The summed E-state index contributed by atoms with van der Waals surface area (Å²) in [4.78, 5) is 71.9. The van der Waals surface area contributed by atoms with Crippen molar-refractivity contribution in [2.75, 3.05) is 20.8 Å². The Bertz CT molecular complexity index is 2610. The fourth-order valence-corrected chi connectivity index (χ4v) is 9.89. The average Bonchev–Trinajstić information content (AvgIpc) is 4.14. The third-order valence-electron chi connectivity index (χ3n) is 13.3.